The number of hydrogen-bond acceptors (Lipinski definition) is 6. The third-order valence-corrected chi connectivity index (χ3v) is 9.29. The van der Waals surface area contributed by atoms with Crippen LogP contribution in [0.15, 0.2) is 42.9 Å². The molecule has 2 saturated heterocycles. The number of carbonyl (C=O) groups is 2. The highest BCUT2D eigenvalue weighted by Gasteiger charge is 2.26. The van der Waals surface area contributed by atoms with Gasteiger partial charge in [-0.05, 0) is 81.5 Å². The number of piperidine rings is 2. The van der Waals surface area contributed by atoms with Crippen LogP contribution in [0.25, 0.3) is 0 Å². The van der Waals surface area contributed by atoms with Crippen molar-refractivity contribution in [1.29, 1.82) is 0 Å². The molecule has 2 aliphatic heterocycles. The molecule has 0 bridgehead atoms. The second kappa shape index (κ2) is 17.1. The number of aromatic nitrogens is 3. The minimum atomic E-state index is 0.00636. The summed E-state index contributed by atoms with van der Waals surface area (Å²) in [6, 6.07) is 7.13. The minimum absolute atomic E-state index is 0.00636. The Labute approximate surface area is 281 Å². The Hall–Kier alpha value is -2.94. The van der Waals surface area contributed by atoms with E-state index in [1.807, 2.05) is 28.9 Å². The van der Waals surface area contributed by atoms with Crippen LogP contribution < -0.4 is 5.32 Å². The molecule has 0 radical (unpaired) electrons. The lowest BCUT2D eigenvalue weighted by atomic mass is 9.93. The smallest absolute Gasteiger partial charge is 0.255 e. The van der Waals surface area contributed by atoms with Gasteiger partial charge in [0.25, 0.3) is 11.8 Å². The molecule has 11 heteroatoms. The maximum atomic E-state index is 12.8. The van der Waals surface area contributed by atoms with E-state index in [0.29, 0.717) is 38.8 Å². The van der Waals surface area contributed by atoms with Gasteiger partial charge < -0.3 is 15.1 Å². The van der Waals surface area contributed by atoms with Gasteiger partial charge in [0.05, 0.1) is 33.1 Å². The Bertz CT molecular complexity index is 1430. The molecule has 0 spiro atoms. The van der Waals surface area contributed by atoms with Crippen LogP contribution in [0.3, 0.4) is 0 Å². The summed E-state index contributed by atoms with van der Waals surface area (Å²) in [7, 11) is 0. The molecular weight excluding hydrogens is 631 g/mol. The fourth-order valence-electron chi connectivity index (χ4n) is 6.02. The number of nitrogens with zero attached hydrogens (tertiary/aromatic N) is 5. The van der Waals surface area contributed by atoms with Gasteiger partial charge in [-0.15, -0.1) is 0 Å². The van der Waals surface area contributed by atoms with E-state index < -0.39 is 0 Å². The van der Waals surface area contributed by atoms with E-state index in [1.165, 1.54) is 38.3 Å². The molecule has 1 N–H and O–H groups in total. The van der Waals surface area contributed by atoms with Gasteiger partial charge in [0.2, 0.25) is 0 Å². The highest BCUT2D eigenvalue weighted by atomic mass is 35.5. The quantitative estimate of drug-likeness (QED) is 0.240. The number of nitrogens with one attached hydrogen (secondary N) is 1. The van der Waals surface area contributed by atoms with Gasteiger partial charge in [-0.2, -0.15) is 0 Å². The van der Waals surface area contributed by atoms with Crippen LogP contribution in [0.4, 0.5) is 11.5 Å². The first-order valence-electron chi connectivity index (χ1n) is 15.9. The molecule has 3 aromatic rings. The van der Waals surface area contributed by atoms with Crippen molar-refractivity contribution >= 4 is 58.1 Å². The van der Waals surface area contributed by atoms with Crippen LogP contribution in [0.5, 0.6) is 0 Å². The normalized spacial score (nSPS) is 18.2. The monoisotopic (exact) mass is 672 g/mol. The summed E-state index contributed by atoms with van der Waals surface area (Å²) >= 11 is 18.0. The predicted octanol–water partition coefficient (Wildman–Crippen LogP) is 8.88. The fraction of sp³-hybridized carbons (Fsp3) is 0.500. The first-order chi connectivity index (χ1) is 21.7. The number of halogens is 3. The molecule has 2 aliphatic rings. The standard InChI is InChI=1S/C20H25ClN4O.C14H18Cl2N2O/c1-3-5-15-6-4-9-25(13-15)20(26)16-10-18(21)19(23-11-16)24-17-8-7-14(2)22-12-17;1-2-4-10-5-3-6-18(9-10)14(19)11-7-12(15)13(16)17-8-11/h7-8,10-12,15H,3-6,9,13H2,1-2H3,(H,23,24);7-8,10H,2-6,9H2,1H3. The molecule has 242 valence electrons. The lowest BCUT2D eigenvalue weighted by Crippen LogP contribution is -2.39. The van der Waals surface area contributed by atoms with E-state index in [0.717, 1.165) is 56.8 Å². The lowest BCUT2D eigenvalue weighted by Gasteiger charge is -2.32. The first-order valence-corrected chi connectivity index (χ1v) is 17.1. The highest BCUT2D eigenvalue weighted by Crippen LogP contribution is 2.27. The van der Waals surface area contributed by atoms with E-state index in [4.69, 9.17) is 34.8 Å². The fourth-order valence-corrected chi connectivity index (χ4v) is 6.50. The maximum absolute atomic E-state index is 12.8. The van der Waals surface area contributed by atoms with Crippen molar-refractivity contribution in [3.63, 3.8) is 0 Å². The van der Waals surface area contributed by atoms with E-state index >= 15 is 0 Å². The molecule has 2 atom stereocenters. The number of likely N-dealkylation sites (tertiary alicyclic amines) is 2. The number of carbonyl (C=O) groups excluding carboxylic acids is 2. The van der Waals surface area contributed by atoms with Crippen molar-refractivity contribution in [3.8, 4) is 0 Å². The van der Waals surface area contributed by atoms with Gasteiger partial charge >= 0.3 is 0 Å². The summed E-state index contributed by atoms with van der Waals surface area (Å²) in [6.45, 7) is 9.61. The Kier molecular flexibility index (Phi) is 13.3. The van der Waals surface area contributed by atoms with Crippen LogP contribution in [0, 0.1) is 18.8 Å². The third kappa shape index (κ3) is 10.0. The Morgan fingerprint density at radius 2 is 1.36 bits per heavy atom. The summed E-state index contributed by atoms with van der Waals surface area (Å²) in [6.07, 6.45) is 14.1. The number of rotatable bonds is 8. The van der Waals surface area contributed by atoms with Crippen molar-refractivity contribution in [2.45, 2.75) is 72.1 Å². The van der Waals surface area contributed by atoms with Crippen LogP contribution >= 0.6 is 34.8 Å². The van der Waals surface area contributed by atoms with E-state index in [1.54, 1.807) is 24.5 Å². The van der Waals surface area contributed by atoms with Crippen molar-refractivity contribution < 1.29 is 9.59 Å². The molecule has 5 rings (SSSR count). The zero-order valence-corrected chi connectivity index (χ0v) is 28.6. The first kappa shape index (κ1) is 34.9. The molecule has 2 unspecified atom stereocenters. The Balaban J connectivity index is 0.000000215. The van der Waals surface area contributed by atoms with Gasteiger partial charge in [-0.1, -0.05) is 61.5 Å². The minimum Gasteiger partial charge on any atom is -0.338 e. The van der Waals surface area contributed by atoms with Gasteiger partial charge in [0.1, 0.15) is 11.0 Å². The average molecular weight is 674 g/mol. The lowest BCUT2D eigenvalue weighted by molar-refractivity contribution is 0.0660. The zero-order valence-electron chi connectivity index (χ0n) is 26.4. The van der Waals surface area contributed by atoms with E-state index in [-0.39, 0.29) is 17.0 Å². The molecule has 3 aromatic heterocycles. The largest absolute Gasteiger partial charge is 0.338 e. The van der Waals surface area contributed by atoms with Crippen molar-refractivity contribution in [3.05, 3.63) is 74.9 Å². The summed E-state index contributed by atoms with van der Waals surface area (Å²) in [5.41, 5.74) is 2.81. The van der Waals surface area contributed by atoms with Crippen LogP contribution in [-0.2, 0) is 0 Å². The van der Waals surface area contributed by atoms with Crippen LogP contribution in [0.1, 0.15) is 91.6 Å². The third-order valence-electron chi connectivity index (χ3n) is 8.31. The number of pyridine rings is 3. The molecule has 2 amide bonds. The molecule has 0 saturated carbocycles. The topological polar surface area (TPSA) is 91.3 Å². The van der Waals surface area contributed by atoms with Gasteiger partial charge in [-0.25, -0.2) is 9.97 Å². The summed E-state index contributed by atoms with van der Waals surface area (Å²) in [5.74, 6) is 1.78. The van der Waals surface area contributed by atoms with Crippen LogP contribution in [-0.4, -0.2) is 62.7 Å². The number of anilines is 2. The molecule has 2 fully saturated rings. The number of aryl methyl sites for hydroxylation is 1. The summed E-state index contributed by atoms with van der Waals surface area (Å²) in [4.78, 5) is 41.6. The molecule has 8 nitrogen and oxygen atoms in total. The molecular formula is C34H43Cl3N6O2. The number of amides is 2. The second-order valence-electron chi connectivity index (χ2n) is 12.0. The summed E-state index contributed by atoms with van der Waals surface area (Å²) < 4.78 is 0. The Morgan fingerprint density at radius 1 is 0.800 bits per heavy atom. The average Bonchev–Trinajstić information content (AvgIpc) is 3.04. The van der Waals surface area contributed by atoms with E-state index in [2.05, 4.69) is 34.1 Å². The van der Waals surface area contributed by atoms with Gasteiger partial charge in [0.15, 0.2) is 0 Å². The maximum Gasteiger partial charge on any atom is 0.255 e. The SMILES string of the molecule is CCCC1CCCN(C(=O)c2cnc(Cl)c(Cl)c2)C1.CCCC1CCCN(C(=O)c2cnc(Nc3ccc(C)nc3)c(Cl)c2)C1. The number of hydrogen-bond donors (Lipinski definition) is 1. The Morgan fingerprint density at radius 3 is 1.84 bits per heavy atom. The van der Waals surface area contributed by atoms with Crippen LogP contribution in [0.2, 0.25) is 15.2 Å². The van der Waals surface area contributed by atoms with Gasteiger partial charge in [0, 0.05) is 44.3 Å². The van der Waals surface area contributed by atoms with Gasteiger partial charge in [-0.3, -0.25) is 14.6 Å². The van der Waals surface area contributed by atoms with Crippen molar-refractivity contribution in [2.75, 3.05) is 31.5 Å². The highest BCUT2D eigenvalue weighted by molar-refractivity contribution is 6.41. The van der Waals surface area contributed by atoms with E-state index in [9.17, 15) is 9.59 Å². The second-order valence-corrected chi connectivity index (χ2v) is 13.1. The van der Waals surface area contributed by atoms with Crippen molar-refractivity contribution in [2.24, 2.45) is 11.8 Å². The molecule has 0 aromatic carbocycles. The predicted molar refractivity (Wildman–Crippen MR) is 183 cm³/mol. The molecule has 0 aliphatic carbocycles. The summed E-state index contributed by atoms with van der Waals surface area (Å²) in [5, 5.41) is 4.13. The van der Waals surface area contributed by atoms with Crippen molar-refractivity contribution in [1.82, 2.24) is 24.8 Å². The molecule has 5 heterocycles. The zero-order chi connectivity index (χ0) is 32.3. The molecule has 45 heavy (non-hydrogen) atoms.